The molecule has 0 bridgehead atoms. The van der Waals surface area contributed by atoms with E-state index in [1.807, 2.05) is 31.1 Å². The summed E-state index contributed by atoms with van der Waals surface area (Å²) in [4.78, 5) is 4.12. The van der Waals surface area contributed by atoms with Crippen LogP contribution in [0.2, 0.25) is 0 Å². The van der Waals surface area contributed by atoms with Crippen molar-refractivity contribution in [3.8, 4) is 0 Å². The van der Waals surface area contributed by atoms with Crippen molar-refractivity contribution in [3.63, 3.8) is 0 Å². The van der Waals surface area contributed by atoms with E-state index in [1.165, 1.54) is 32.1 Å². The molecule has 1 unspecified atom stereocenters. The first-order valence-corrected chi connectivity index (χ1v) is 11.8. The van der Waals surface area contributed by atoms with Crippen LogP contribution in [0, 0.1) is 0 Å². The molecule has 154 valence electrons. The fraction of sp³-hybridized carbons (Fsp3) is 0.895. The molecule has 7 heteroatoms. The number of hydrogen-bond donors (Lipinski definition) is 0. The molecular weight excluding hydrogens is 351 g/mol. The van der Waals surface area contributed by atoms with Crippen LogP contribution in [0.15, 0.2) is 12.4 Å². The topological polar surface area (TPSA) is 51.2 Å². The van der Waals surface area contributed by atoms with E-state index in [4.69, 9.17) is 13.6 Å². The van der Waals surface area contributed by atoms with Gasteiger partial charge in [-0.3, -0.25) is 9.05 Å². The number of nitrogens with zero attached hydrogens (tertiary/aromatic N) is 2. The molecule has 0 N–H and O–H groups in total. The molecule has 1 atom stereocenters. The Balaban J connectivity index is 2.59. The first-order valence-electron chi connectivity index (χ1n) is 10.4. The zero-order valence-corrected chi connectivity index (χ0v) is 18.1. The number of phosphoric ester groups is 1. The third kappa shape index (κ3) is 8.43. The molecule has 6 nitrogen and oxygen atoms in total. The van der Waals surface area contributed by atoms with E-state index in [2.05, 4.69) is 18.7 Å². The fourth-order valence-electron chi connectivity index (χ4n) is 2.77. The second kappa shape index (κ2) is 13.6. The van der Waals surface area contributed by atoms with Gasteiger partial charge in [0.25, 0.3) is 0 Å². The van der Waals surface area contributed by atoms with Gasteiger partial charge in [-0.25, -0.2) is 9.09 Å². The number of phosphoric acid groups is 1. The monoisotopic (exact) mass is 390 g/mol. The van der Waals surface area contributed by atoms with Gasteiger partial charge in [-0.2, -0.15) is 0 Å². The lowest BCUT2D eigenvalue weighted by Gasteiger charge is -2.33. The van der Waals surface area contributed by atoms with Crippen LogP contribution < -0.4 is 0 Å². The van der Waals surface area contributed by atoms with Crippen LogP contribution >= 0.6 is 7.82 Å². The lowest BCUT2D eigenvalue weighted by molar-refractivity contribution is -0.0534. The van der Waals surface area contributed by atoms with Crippen LogP contribution in [0.5, 0.6) is 0 Å². The van der Waals surface area contributed by atoms with Crippen LogP contribution in [-0.4, -0.2) is 42.5 Å². The average Bonchev–Trinajstić information content (AvgIpc) is 3.02. The zero-order chi connectivity index (χ0) is 19.3. The Bertz CT molecular complexity index is 422. The Hall–Kier alpha value is -0.550. The quantitative estimate of drug-likeness (QED) is 0.248. The van der Waals surface area contributed by atoms with E-state index in [-0.39, 0.29) is 0 Å². The molecule has 0 aromatic rings. The average molecular weight is 391 g/mol. The van der Waals surface area contributed by atoms with Crippen molar-refractivity contribution in [2.75, 3.05) is 26.3 Å². The van der Waals surface area contributed by atoms with Gasteiger partial charge in [-0.15, -0.1) is 0 Å². The molecule has 1 heterocycles. The molecule has 0 amide bonds. The minimum Gasteiger partial charge on any atom is -0.334 e. The van der Waals surface area contributed by atoms with Gasteiger partial charge in [-0.1, -0.05) is 52.9 Å². The number of rotatable bonds is 16. The van der Waals surface area contributed by atoms with E-state index in [1.54, 1.807) is 0 Å². The van der Waals surface area contributed by atoms with E-state index in [0.29, 0.717) is 13.2 Å². The molecule has 0 fully saturated rings. The van der Waals surface area contributed by atoms with Gasteiger partial charge in [0.1, 0.15) is 0 Å². The molecular formula is C19H39N2O4P. The third-order valence-corrected chi connectivity index (χ3v) is 5.73. The van der Waals surface area contributed by atoms with Crippen LogP contribution in [0.25, 0.3) is 0 Å². The van der Waals surface area contributed by atoms with E-state index >= 15 is 0 Å². The highest BCUT2D eigenvalue weighted by Crippen LogP contribution is 2.52. The van der Waals surface area contributed by atoms with Gasteiger partial charge in [0.05, 0.1) is 13.2 Å². The Labute approximate surface area is 160 Å². The summed E-state index contributed by atoms with van der Waals surface area (Å²) in [7, 11) is -3.57. The van der Waals surface area contributed by atoms with Gasteiger partial charge in [0.15, 0.2) is 0 Å². The summed E-state index contributed by atoms with van der Waals surface area (Å²) in [6, 6.07) is 0. The second-order valence-electron chi connectivity index (χ2n) is 6.68. The fourth-order valence-corrected chi connectivity index (χ4v) is 4.25. The SMILES string of the molecule is CCCCCCCCN1C=CN(CC)C1OP(=O)(OCCC)OCCC. The van der Waals surface area contributed by atoms with Crippen LogP contribution in [0.3, 0.4) is 0 Å². The Morgan fingerprint density at radius 1 is 0.808 bits per heavy atom. The van der Waals surface area contributed by atoms with Crippen molar-refractivity contribution in [1.82, 2.24) is 9.80 Å². The second-order valence-corrected chi connectivity index (χ2v) is 8.30. The summed E-state index contributed by atoms with van der Waals surface area (Å²) < 4.78 is 29.9. The van der Waals surface area contributed by atoms with Crippen LogP contribution in [0.1, 0.15) is 79.1 Å². The molecule has 0 saturated heterocycles. The molecule has 0 spiro atoms. The Morgan fingerprint density at radius 2 is 1.38 bits per heavy atom. The lowest BCUT2D eigenvalue weighted by atomic mass is 10.1. The molecule has 26 heavy (non-hydrogen) atoms. The molecule has 1 rings (SSSR count). The van der Waals surface area contributed by atoms with Crippen molar-refractivity contribution in [2.24, 2.45) is 0 Å². The Morgan fingerprint density at radius 3 is 1.96 bits per heavy atom. The van der Waals surface area contributed by atoms with E-state index in [9.17, 15) is 4.57 Å². The molecule has 1 aliphatic rings. The maximum atomic E-state index is 13.0. The van der Waals surface area contributed by atoms with Crippen LogP contribution in [-0.2, 0) is 18.1 Å². The molecule has 0 aliphatic carbocycles. The minimum atomic E-state index is -3.57. The highest BCUT2D eigenvalue weighted by molar-refractivity contribution is 7.48. The molecule has 0 aromatic heterocycles. The van der Waals surface area contributed by atoms with Crippen molar-refractivity contribution in [3.05, 3.63) is 12.4 Å². The van der Waals surface area contributed by atoms with Gasteiger partial charge in [-0.05, 0) is 26.2 Å². The van der Waals surface area contributed by atoms with Gasteiger partial charge < -0.3 is 9.80 Å². The predicted molar refractivity (Wildman–Crippen MR) is 107 cm³/mol. The summed E-state index contributed by atoms with van der Waals surface area (Å²) in [5.41, 5.74) is 0. The summed E-state index contributed by atoms with van der Waals surface area (Å²) in [5, 5.41) is 0. The standard InChI is InChI=1S/C19H39N2O4P/c1-5-9-10-11-12-13-14-21-16-15-20(8-4)19(21)25-26(22,23-17-6-2)24-18-7-3/h15-16,19H,5-14,17-18H2,1-4H3. The summed E-state index contributed by atoms with van der Waals surface area (Å²) in [6.45, 7) is 10.6. The first kappa shape index (κ1) is 23.5. The summed E-state index contributed by atoms with van der Waals surface area (Å²) >= 11 is 0. The maximum Gasteiger partial charge on any atom is 0.478 e. The van der Waals surface area contributed by atoms with Crippen molar-refractivity contribution < 1.29 is 18.1 Å². The smallest absolute Gasteiger partial charge is 0.334 e. The first-order chi connectivity index (χ1) is 12.6. The van der Waals surface area contributed by atoms with Crippen molar-refractivity contribution in [2.45, 2.75) is 85.4 Å². The third-order valence-electron chi connectivity index (χ3n) is 4.28. The minimum absolute atomic E-state index is 0.366. The van der Waals surface area contributed by atoms with Crippen LogP contribution in [0.4, 0.5) is 0 Å². The lowest BCUT2D eigenvalue weighted by Crippen LogP contribution is -2.40. The van der Waals surface area contributed by atoms with Gasteiger partial charge in [0.2, 0.25) is 6.35 Å². The highest BCUT2D eigenvalue weighted by atomic mass is 31.2. The number of unbranched alkanes of at least 4 members (excludes halogenated alkanes) is 5. The highest BCUT2D eigenvalue weighted by Gasteiger charge is 2.36. The molecule has 0 saturated carbocycles. The summed E-state index contributed by atoms with van der Waals surface area (Å²) in [5.74, 6) is 0. The number of hydrogen-bond acceptors (Lipinski definition) is 6. The Kier molecular flexibility index (Phi) is 12.3. The van der Waals surface area contributed by atoms with Crippen molar-refractivity contribution >= 4 is 7.82 Å². The molecule has 0 radical (unpaired) electrons. The normalized spacial score (nSPS) is 17.5. The molecule has 0 aromatic carbocycles. The molecule has 1 aliphatic heterocycles. The van der Waals surface area contributed by atoms with Gasteiger partial charge in [0, 0.05) is 25.5 Å². The zero-order valence-electron chi connectivity index (χ0n) is 17.2. The maximum absolute atomic E-state index is 13.0. The predicted octanol–water partition coefficient (Wildman–Crippen LogP) is 5.72. The summed E-state index contributed by atoms with van der Waals surface area (Å²) in [6.07, 6.45) is 12.6. The largest absolute Gasteiger partial charge is 0.478 e. The van der Waals surface area contributed by atoms with E-state index < -0.39 is 14.2 Å². The van der Waals surface area contributed by atoms with E-state index in [0.717, 1.165) is 32.4 Å². The van der Waals surface area contributed by atoms with Crippen molar-refractivity contribution in [1.29, 1.82) is 0 Å². The van der Waals surface area contributed by atoms with Gasteiger partial charge >= 0.3 is 7.82 Å².